The zero-order valence-electron chi connectivity index (χ0n) is 28.3. The van der Waals surface area contributed by atoms with Crippen molar-refractivity contribution in [1.29, 1.82) is 0 Å². The lowest BCUT2D eigenvalue weighted by Gasteiger charge is -2.64. The first-order valence-corrected chi connectivity index (χ1v) is 18.0. The van der Waals surface area contributed by atoms with Crippen LogP contribution in [0.25, 0.3) is 0 Å². The fourth-order valence-corrected chi connectivity index (χ4v) is 11.6. The van der Waals surface area contributed by atoms with Crippen LogP contribution in [0.5, 0.6) is 0 Å². The van der Waals surface area contributed by atoms with E-state index in [-0.39, 0.29) is 70.6 Å². The summed E-state index contributed by atoms with van der Waals surface area (Å²) in [4.78, 5) is 48.5. The molecule has 1 N–H and O–H groups in total. The molecule has 0 aromatic heterocycles. The van der Waals surface area contributed by atoms with Gasteiger partial charge < -0.3 is 24.3 Å². The lowest BCUT2D eigenvalue weighted by atomic mass is 9.43. The highest BCUT2D eigenvalue weighted by Gasteiger charge is 2.67. The van der Waals surface area contributed by atoms with E-state index in [4.69, 9.17) is 18.9 Å². The van der Waals surface area contributed by atoms with Gasteiger partial charge in [0.15, 0.2) is 0 Å². The first-order valence-electron chi connectivity index (χ1n) is 18.0. The first kappa shape index (κ1) is 33.9. The molecule has 1 heterocycles. The SMILES string of the molecule is C[C@H](CCC(=O)OC1(c2ccccc2)CCNCC1)[C@H]1CC[C@H]2[C@@H]3C(OC=O)C[C@@H]4CC(OC=O)CC[C@]4(C)[C@H]3CC(OC=O)[C@]12C. The molecule has 9 nitrogen and oxygen atoms in total. The Kier molecular flexibility index (Phi) is 10.0. The molecule has 1 aromatic rings. The monoisotopic (exact) mass is 651 g/mol. The molecule has 5 fully saturated rings. The van der Waals surface area contributed by atoms with Gasteiger partial charge in [-0.2, -0.15) is 0 Å². The van der Waals surface area contributed by atoms with Gasteiger partial charge in [0.1, 0.15) is 23.9 Å². The molecule has 0 bridgehead atoms. The average molecular weight is 652 g/mol. The van der Waals surface area contributed by atoms with Crippen LogP contribution >= 0.6 is 0 Å². The van der Waals surface area contributed by atoms with Crippen LogP contribution in [0.2, 0.25) is 0 Å². The third-order valence-corrected chi connectivity index (χ3v) is 14.0. The first-order chi connectivity index (χ1) is 22.7. The fourth-order valence-electron chi connectivity index (χ4n) is 11.6. The summed E-state index contributed by atoms with van der Waals surface area (Å²) in [7, 11) is 0. The smallest absolute Gasteiger partial charge is 0.306 e. The van der Waals surface area contributed by atoms with E-state index in [0.29, 0.717) is 32.3 Å². The molecule has 3 unspecified atom stereocenters. The number of esters is 1. The second-order valence-electron chi connectivity index (χ2n) is 15.7. The molecule has 47 heavy (non-hydrogen) atoms. The second-order valence-corrected chi connectivity index (χ2v) is 15.7. The zero-order valence-corrected chi connectivity index (χ0v) is 28.3. The largest absolute Gasteiger partial charge is 0.465 e. The van der Waals surface area contributed by atoms with Crippen LogP contribution in [0.4, 0.5) is 0 Å². The summed E-state index contributed by atoms with van der Waals surface area (Å²) in [5, 5.41) is 3.40. The summed E-state index contributed by atoms with van der Waals surface area (Å²) in [5.41, 5.74) is 0.121. The Morgan fingerprint density at radius 2 is 1.62 bits per heavy atom. The predicted molar refractivity (Wildman–Crippen MR) is 174 cm³/mol. The topological polar surface area (TPSA) is 117 Å². The Hall–Kier alpha value is -2.94. The van der Waals surface area contributed by atoms with Crippen LogP contribution in [0.3, 0.4) is 0 Å². The number of ether oxygens (including phenoxy) is 4. The van der Waals surface area contributed by atoms with E-state index in [1.165, 1.54) is 0 Å². The van der Waals surface area contributed by atoms with Crippen molar-refractivity contribution in [2.45, 2.75) is 115 Å². The highest BCUT2D eigenvalue weighted by molar-refractivity contribution is 5.70. The molecule has 0 radical (unpaired) electrons. The highest BCUT2D eigenvalue weighted by atomic mass is 16.6. The summed E-state index contributed by atoms with van der Waals surface area (Å²) >= 11 is 0. The van der Waals surface area contributed by atoms with E-state index in [2.05, 4.69) is 38.2 Å². The lowest BCUT2D eigenvalue weighted by molar-refractivity contribution is -0.218. The molecule has 0 amide bonds. The van der Waals surface area contributed by atoms with Crippen molar-refractivity contribution < 1.29 is 38.1 Å². The lowest BCUT2D eigenvalue weighted by Crippen LogP contribution is -2.63. The standard InChI is InChI=1S/C38H53NO8/c1-25(9-12-34(43)47-38(15-17-39-18-16-38)26-7-5-4-6-8-26)29-10-11-30-35-31(21-33(46-24-42)37(29,30)3)36(2)14-13-28(44-22-40)19-27(36)20-32(35)45-23-41/h4-8,22-25,27-33,35,39H,9-21H2,1-3H3/t25-,27+,28?,29-,30+,31+,32?,33?,35+,36+,37-/m1/s1. The Morgan fingerprint density at radius 1 is 0.894 bits per heavy atom. The Morgan fingerprint density at radius 3 is 2.32 bits per heavy atom. The average Bonchev–Trinajstić information content (AvgIpc) is 3.44. The van der Waals surface area contributed by atoms with Crippen molar-refractivity contribution >= 4 is 25.4 Å². The van der Waals surface area contributed by atoms with Crippen molar-refractivity contribution in [3.8, 4) is 0 Å². The van der Waals surface area contributed by atoms with Crippen LogP contribution in [-0.2, 0) is 43.7 Å². The summed E-state index contributed by atoms with van der Waals surface area (Å²) < 4.78 is 23.7. The van der Waals surface area contributed by atoms with E-state index >= 15 is 0 Å². The van der Waals surface area contributed by atoms with Crippen molar-refractivity contribution in [3.63, 3.8) is 0 Å². The summed E-state index contributed by atoms with van der Waals surface area (Å²) in [6, 6.07) is 10.1. The van der Waals surface area contributed by atoms with Gasteiger partial charge in [0, 0.05) is 30.6 Å². The molecule has 1 aromatic carbocycles. The maximum Gasteiger partial charge on any atom is 0.306 e. The van der Waals surface area contributed by atoms with Crippen LogP contribution in [0.1, 0.15) is 97.0 Å². The highest BCUT2D eigenvalue weighted by Crippen LogP contribution is 2.69. The molecule has 1 saturated heterocycles. The maximum absolute atomic E-state index is 13.5. The van der Waals surface area contributed by atoms with Crippen LogP contribution in [0, 0.1) is 46.3 Å². The Labute approximate surface area is 279 Å². The number of hydrogen-bond donors (Lipinski definition) is 1. The molecule has 0 spiro atoms. The van der Waals surface area contributed by atoms with Gasteiger partial charge in [-0.05, 0) is 105 Å². The number of fused-ring (bicyclic) bond motifs is 5. The molecule has 1 aliphatic heterocycles. The number of nitrogens with one attached hydrogen (secondary N) is 1. The van der Waals surface area contributed by atoms with Gasteiger partial charge in [0.2, 0.25) is 0 Å². The molecule has 4 aliphatic carbocycles. The number of piperidine rings is 1. The van der Waals surface area contributed by atoms with Gasteiger partial charge in [-0.3, -0.25) is 19.2 Å². The number of hydrogen-bond acceptors (Lipinski definition) is 9. The summed E-state index contributed by atoms with van der Waals surface area (Å²) in [5.74, 6) is 1.13. The van der Waals surface area contributed by atoms with Crippen LogP contribution < -0.4 is 5.32 Å². The van der Waals surface area contributed by atoms with E-state index in [1.54, 1.807) is 0 Å². The third-order valence-electron chi connectivity index (χ3n) is 14.0. The minimum atomic E-state index is -0.598. The van der Waals surface area contributed by atoms with Crippen molar-refractivity contribution in [1.82, 2.24) is 5.32 Å². The predicted octanol–water partition coefficient (Wildman–Crippen LogP) is 5.73. The molecular weight excluding hydrogens is 598 g/mol. The normalized spacial score (nSPS) is 39.6. The Bertz CT molecular complexity index is 1270. The molecule has 9 heteroatoms. The molecule has 6 rings (SSSR count). The second kappa shape index (κ2) is 13.9. The fraction of sp³-hybridized carbons (Fsp3) is 0.737. The maximum atomic E-state index is 13.5. The summed E-state index contributed by atoms with van der Waals surface area (Å²) in [6.07, 6.45) is 7.85. The van der Waals surface area contributed by atoms with E-state index in [0.717, 1.165) is 76.4 Å². The molecule has 5 aliphatic rings. The Balaban J connectivity index is 1.20. The van der Waals surface area contributed by atoms with Gasteiger partial charge in [-0.25, -0.2) is 0 Å². The summed E-state index contributed by atoms with van der Waals surface area (Å²) in [6.45, 7) is 10.3. The molecule has 258 valence electrons. The minimum absolute atomic E-state index is 0.0290. The van der Waals surface area contributed by atoms with Crippen LogP contribution in [0.15, 0.2) is 30.3 Å². The quantitative estimate of drug-likeness (QED) is 0.172. The van der Waals surface area contributed by atoms with Gasteiger partial charge in [0.05, 0.1) is 0 Å². The van der Waals surface area contributed by atoms with Crippen molar-refractivity contribution in [2.75, 3.05) is 13.1 Å². The molecule has 11 atom stereocenters. The molecular formula is C38H53NO8. The molecule has 4 saturated carbocycles. The van der Waals surface area contributed by atoms with Crippen molar-refractivity contribution in [2.24, 2.45) is 46.3 Å². The number of benzene rings is 1. The van der Waals surface area contributed by atoms with Gasteiger partial charge in [0.25, 0.3) is 19.4 Å². The van der Waals surface area contributed by atoms with E-state index in [9.17, 15) is 19.2 Å². The van der Waals surface area contributed by atoms with E-state index < -0.39 is 5.60 Å². The van der Waals surface area contributed by atoms with Gasteiger partial charge >= 0.3 is 5.97 Å². The van der Waals surface area contributed by atoms with Crippen LogP contribution in [-0.4, -0.2) is 56.8 Å². The number of rotatable bonds is 12. The van der Waals surface area contributed by atoms with E-state index in [1.807, 2.05) is 18.2 Å². The van der Waals surface area contributed by atoms with Crippen molar-refractivity contribution in [3.05, 3.63) is 35.9 Å². The minimum Gasteiger partial charge on any atom is -0.465 e. The van der Waals surface area contributed by atoms with Gasteiger partial charge in [-0.1, -0.05) is 51.1 Å². The third kappa shape index (κ3) is 6.10. The number of carbonyl (C=O) groups excluding carboxylic acids is 4. The zero-order chi connectivity index (χ0) is 33.2. The number of carbonyl (C=O) groups is 4. The van der Waals surface area contributed by atoms with Gasteiger partial charge in [-0.15, -0.1) is 0 Å².